The molecule has 0 bridgehead atoms. The Labute approximate surface area is 99.2 Å². The Morgan fingerprint density at radius 2 is 1.82 bits per heavy atom. The molecule has 2 rings (SSSR count). The third kappa shape index (κ3) is 2.92. The molecule has 1 aromatic heterocycles. The van der Waals surface area contributed by atoms with Gasteiger partial charge in [0.05, 0.1) is 26.0 Å². The number of hydrogen-bond acceptors (Lipinski definition) is 5. The van der Waals surface area contributed by atoms with E-state index in [4.69, 9.17) is 15.2 Å². The summed E-state index contributed by atoms with van der Waals surface area (Å²) < 4.78 is 10.7. The molecule has 0 aliphatic heterocycles. The van der Waals surface area contributed by atoms with Gasteiger partial charge >= 0.3 is 0 Å². The maximum absolute atomic E-state index is 5.57. The fourth-order valence-corrected chi connectivity index (χ4v) is 1.30. The van der Waals surface area contributed by atoms with E-state index in [1.165, 1.54) is 0 Å². The Kier molecular flexibility index (Phi) is 3.52. The highest BCUT2D eigenvalue weighted by Gasteiger charge is 2.00. The molecule has 88 valence electrons. The number of aromatic nitrogens is 2. The molecule has 1 aromatic carbocycles. The molecule has 5 nitrogen and oxygen atoms in total. The van der Waals surface area contributed by atoms with Crippen LogP contribution < -0.4 is 15.2 Å². The van der Waals surface area contributed by atoms with E-state index < -0.39 is 0 Å². The van der Waals surface area contributed by atoms with Crippen LogP contribution in [0.3, 0.4) is 0 Å². The largest absolute Gasteiger partial charge is 0.497 e. The average molecular weight is 231 g/mol. The molecular formula is C12H13N3O2. The van der Waals surface area contributed by atoms with Crippen LogP contribution in [0.1, 0.15) is 5.82 Å². The lowest BCUT2D eigenvalue weighted by Crippen LogP contribution is -2.02. The Bertz CT molecular complexity index is 485. The number of hydrogen-bond donors (Lipinski definition) is 1. The zero-order valence-corrected chi connectivity index (χ0v) is 9.46. The van der Waals surface area contributed by atoms with Crippen LogP contribution in [0.15, 0.2) is 36.7 Å². The second-order valence-electron chi connectivity index (χ2n) is 3.32. The fourth-order valence-electron chi connectivity index (χ4n) is 1.30. The standard InChI is InChI=1S/C12H13N3O2/c1-16-9-3-2-4-10(5-9)17-11-7-14-12(6-13)15-8-11/h2-5,7-8H,6,13H2,1H3. The number of nitrogens with two attached hydrogens (primary N) is 1. The number of rotatable bonds is 4. The summed E-state index contributed by atoms with van der Waals surface area (Å²) in [4.78, 5) is 8.09. The van der Waals surface area contributed by atoms with E-state index in [2.05, 4.69) is 9.97 Å². The fraction of sp³-hybridized carbons (Fsp3) is 0.167. The Morgan fingerprint density at radius 1 is 1.12 bits per heavy atom. The Balaban J connectivity index is 2.13. The molecule has 5 heteroatoms. The van der Waals surface area contributed by atoms with E-state index in [1.54, 1.807) is 25.6 Å². The van der Waals surface area contributed by atoms with Crippen molar-refractivity contribution in [3.63, 3.8) is 0 Å². The van der Waals surface area contributed by atoms with Gasteiger partial charge in [-0.05, 0) is 12.1 Å². The number of methoxy groups -OCH3 is 1. The van der Waals surface area contributed by atoms with Crippen molar-refractivity contribution in [2.24, 2.45) is 5.73 Å². The lowest BCUT2D eigenvalue weighted by molar-refractivity contribution is 0.408. The van der Waals surface area contributed by atoms with Gasteiger partial charge in [-0.2, -0.15) is 0 Å². The monoisotopic (exact) mass is 231 g/mol. The van der Waals surface area contributed by atoms with Gasteiger partial charge in [0.25, 0.3) is 0 Å². The van der Waals surface area contributed by atoms with Crippen molar-refractivity contribution in [1.29, 1.82) is 0 Å². The lowest BCUT2D eigenvalue weighted by Gasteiger charge is -2.06. The highest BCUT2D eigenvalue weighted by molar-refractivity contribution is 5.35. The van der Waals surface area contributed by atoms with Crippen LogP contribution in [0.4, 0.5) is 0 Å². The lowest BCUT2D eigenvalue weighted by atomic mass is 10.3. The second kappa shape index (κ2) is 5.27. The molecule has 17 heavy (non-hydrogen) atoms. The summed E-state index contributed by atoms with van der Waals surface area (Å²) in [7, 11) is 1.61. The van der Waals surface area contributed by atoms with Gasteiger partial charge in [-0.3, -0.25) is 0 Å². The van der Waals surface area contributed by atoms with Gasteiger partial charge in [0, 0.05) is 6.07 Å². The van der Waals surface area contributed by atoms with Crippen LogP contribution in [0.25, 0.3) is 0 Å². The van der Waals surface area contributed by atoms with Crippen molar-refractivity contribution < 1.29 is 9.47 Å². The van der Waals surface area contributed by atoms with Gasteiger partial charge in [-0.15, -0.1) is 0 Å². The van der Waals surface area contributed by atoms with Crippen LogP contribution in [0.5, 0.6) is 17.2 Å². The van der Waals surface area contributed by atoms with E-state index in [1.807, 2.05) is 18.2 Å². The highest BCUT2D eigenvalue weighted by Crippen LogP contribution is 2.23. The summed E-state index contributed by atoms with van der Waals surface area (Å²) in [5.74, 6) is 2.56. The number of nitrogens with zero attached hydrogens (tertiary/aromatic N) is 2. The normalized spacial score (nSPS) is 10.0. The van der Waals surface area contributed by atoms with Gasteiger partial charge in [0.1, 0.15) is 17.3 Å². The SMILES string of the molecule is COc1cccc(Oc2cnc(CN)nc2)c1. The van der Waals surface area contributed by atoms with Crippen LogP contribution >= 0.6 is 0 Å². The summed E-state index contributed by atoms with van der Waals surface area (Å²) >= 11 is 0. The quantitative estimate of drug-likeness (QED) is 0.867. The first-order valence-corrected chi connectivity index (χ1v) is 5.14. The van der Waals surface area contributed by atoms with Crippen molar-refractivity contribution in [1.82, 2.24) is 9.97 Å². The summed E-state index contributed by atoms with van der Waals surface area (Å²) in [6.07, 6.45) is 3.18. The third-order valence-electron chi connectivity index (χ3n) is 2.14. The minimum Gasteiger partial charge on any atom is -0.497 e. The summed E-state index contributed by atoms with van der Waals surface area (Å²) in [5, 5.41) is 0. The van der Waals surface area contributed by atoms with Crippen LogP contribution in [0, 0.1) is 0 Å². The predicted molar refractivity (Wildman–Crippen MR) is 63.0 cm³/mol. The summed E-state index contributed by atoms with van der Waals surface area (Å²) in [6.45, 7) is 0.319. The molecule has 0 fully saturated rings. The van der Waals surface area contributed by atoms with Crippen LogP contribution in [-0.2, 0) is 6.54 Å². The van der Waals surface area contributed by atoms with E-state index in [0.717, 1.165) is 5.75 Å². The van der Waals surface area contributed by atoms with Crippen molar-refractivity contribution in [2.75, 3.05) is 7.11 Å². The molecule has 0 aliphatic carbocycles. The first-order chi connectivity index (χ1) is 8.31. The van der Waals surface area contributed by atoms with Crippen molar-refractivity contribution in [3.05, 3.63) is 42.5 Å². The molecule has 0 atom stereocenters. The second-order valence-corrected chi connectivity index (χ2v) is 3.32. The molecular weight excluding hydrogens is 218 g/mol. The van der Waals surface area contributed by atoms with Crippen molar-refractivity contribution >= 4 is 0 Å². The van der Waals surface area contributed by atoms with Gasteiger partial charge in [-0.25, -0.2) is 9.97 Å². The molecule has 0 aliphatic rings. The van der Waals surface area contributed by atoms with Crippen molar-refractivity contribution in [2.45, 2.75) is 6.54 Å². The average Bonchev–Trinajstić information content (AvgIpc) is 2.40. The Hall–Kier alpha value is -2.14. The summed E-state index contributed by atoms with van der Waals surface area (Å²) in [6, 6.07) is 7.32. The zero-order chi connectivity index (χ0) is 12.1. The first-order valence-electron chi connectivity index (χ1n) is 5.14. The van der Waals surface area contributed by atoms with Crippen LogP contribution in [0.2, 0.25) is 0 Å². The first kappa shape index (κ1) is 11.3. The molecule has 2 N–H and O–H groups in total. The predicted octanol–water partition coefficient (Wildman–Crippen LogP) is 1.74. The molecule has 2 aromatic rings. The Morgan fingerprint density at radius 3 is 2.47 bits per heavy atom. The van der Waals surface area contributed by atoms with E-state index in [0.29, 0.717) is 23.9 Å². The van der Waals surface area contributed by atoms with Gasteiger partial charge in [0.15, 0.2) is 5.75 Å². The molecule has 0 saturated heterocycles. The topological polar surface area (TPSA) is 70.3 Å². The number of ether oxygens (including phenoxy) is 2. The molecule has 0 unspecified atom stereocenters. The van der Waals surface area contributed by atoms with Crippen LogP contribution in [-0.4, -0.2) is 17.1 Å². The summed E-state index contributed by atoms with van der Waals surface area (Å²) in [5.41, 5.74) is 5.41. The number of benzene rings is 1. The highest BCUT2D eigenvalue weighted by atomic mass is 16.5. The molecule has 0 spiro atoms. The molecule has 1 heterocycles. The molecule has 0 amide bonds. The molecule has 0 radical (unpaired) electrons. The maximum atomic E-state index is 5.57. The smallest absolute Gasteiger partial charge is 0.164 e. The van der Waals surface area contributed by atoms with E-state index >= 15 is 0 Å². The van der Waals surface area contributed by atoms with E-state index in [-0.39, 0.29) is 0 Å². The minimum absolute atomic E-state index is 0.319. The maximum Gasteiger partial charge on any atom is 0.164 e. The zero-order valence-electron chi connectivity index (χ0n) is 9.46. The van der Waals surface area contributed by atoms with Gasteiger partial charge in [0.2, 0.25) is 0 Å². The van der Waals surface area contributed by atoms with E-state index in [9.17, 15) is 0 Å². The molecule has 0 saturated carbocycles. The third-order valence-corrected chi connectivity index (χ3v) is 2.14. The van der Waals surface area contributed by atoms with Gasteiger partial charge in [-0.1, -0.05) is 6.07 Å². The van der Waals surface area contributed by atoms with Gasteiger partial charge < -0.3 is 15.2 Å². The minimum atomic E-state index is 0.319. The van der Waals surface area contributed by atoms with Crippen molar-refractivity contribution in [3.8, 4) is 17.2 Å².